The number of fused-ring (bicyclic) bond motifs is 8. The normalized spacial score (nSPS) is 9.23. The number of aromatic nitrogens is 17. The molecule has 0 fully saturated rings. The molecule has 0 saturated heterocycles. The molecule has 0 aliphatic rings. The van der Waals surface area contributed by atoms with E-state index in [1.54, 1.807) is 53.7 Å². The Labute approximate surface area is 644 Å². The second-order valence-corrected chi connectivity index (χ2v) is 22.9. The third-order valence-electron chi connectivity index (χ3n) is 13.4. The van der Waals surface area contributed by atoms with E-state index in [1.165, 1.54) is 37.2 Å². The number of aryl methyl sites for hydroxylation is 14. The van der Waals surface area contributed by atoms with Gasteiger partial charge in [0.15, 0.2) is 28.4 Å². The van der Waals surface area contributed by atoms with Gasteiger partial charge >= 0.3 is 0 Å². The molecule has 0 amide bonds. The Kier molecular flexibility index (Phi) is 52.3. The zero-order valence-electron chi connectivity index (χ0n) is 70.9. The Balaban J connectivity index is 0. The van der Waals surface area contributed by atoms with E-state index in [0.717, 1.165) is 100 Å². The summed E-state index contributed by atoms with van der Waals surface area (Å²) >= 11 is 3.43. The Hall–Kier alpha value is -9.92. The minimum atomic E-state index is 0.727. The highest BCUT2D eigenvalue weighted by atomic mass is 32.1. The summed E-state index contributed by atoms with van der Waals surface area (Å²) in [6.45, 7) is 62.2. The number of nitrogens with zero attached hydrogens (tertiary/aromatic N) is 17. The van der Waals surface area contributed by atoms with E-state index in [9.17, 15) is 0 Å². The lowest BCUT2D eigenvalue weighted by Gasteiger charge is -1.96. The molecule has 18 nitrogen and oxygen atoms in total. The molecular formula is C86H129N17OS2. The Bertz CT molecular complexity index is 4630. The lowest BCUT2D eigenvalue weighted by Crippen LogP contribution is -1.91. The standard InChI is InChI=1S/C10H12N2.C9H9NO.C9H9NS.2C8H9N3.C8H8N2.C7H7N3.C7H6N2S.10C2H6/c1-7-4-5-9-10(6-7)12(3)8(2)11-9;2*1-6-3-4-8-9(5-6)11-7(2)10-8;2*1-6-10-7-4-3-5-9-8(7)11(6)2;1-7-2-3-8-9-4-5-10(8)6-7;1-6-4-9-7-8-2-3-10(7)5-6;1-5-9-7-6(10-5)3-2-4-8-7;10*1-2/h4-6H,1-3H3;4*3-5H,1-2H3;2-6H,1H3;2-5H,1H3;2-4H,1H3;10*1-2H3. The van der Waals surface area contributed by atoms with Gasteiger partial charge in [-0.2, -0.15) is 0 Å². The van der Waals surface area contributed by atoms with E-state index in [0.29, 0.717) is 0 Å². The molecule has 0 N–H and O–H groups in total. The van der Waals surface area contributed by atoms with Crippen molar-refractivity contribution in [2.75, 3.05) is 0 Å². The largest absolute Gasteiger partial charge is 0.441 e. The van der Waals surface area contributed by atoms with Crippen molar-refractivity contribution in [3.63, 3.8) is 0 Å². The van der Waals surface area contributed by atoms with Crippen molar-refractivity contribution in [2.24, 2.45) is 21.1 Å². The van der Waals surface area contributed by atoms with Crippen LogP contribution in [-0.2, 0) is 21.1 Å². The van der Waals surface area contributed by atoms with Crippen LogP contribution in [0.2, 0.25) is 0 Å². The summed E-state index contributed by atoms with van der Waals surface area (Å²) in [5.74, 6) is 4.55. The monoisotopic (exact) mass is 1480 g/mol. The van der Waals surface area contributed by atoms with E-state index in [-0.39, 0.29) is 0 Å². The fourth-order valence-electron chi connectivity index (χ4n) is 8.81. The van der Waals surface area contributed by atoms with Gasteiger partial charge in [0.2, 0.25) is 5.78 Å². The van der Waals surface area contributed by atoms with Crippen molar-refractivity contribution in [1.29, 1.82) is 0 Å². The van der Waals surface area contributed by atoms with Gasteiger partial charge in [0, 0.05) is 90.0 Å². The molecule has 0 aliphatic heterocycles. The van der Waals surface area contributed by atoms with Crippen LogP contribution in [0.1, 0.15) is 200 Å². The number of benzene rings is 3. The molecule has 13 heterocycles. The molecule has 0 saturated carbocycles. The van der Waals surface area contributed by atoms with E-state index < -0.39 is 0 Å². The lowest BCUT2D eigenvalue weighted by atomic mass is 10.2. The van der Waals surface area contributed by atoms with E-state index in [4.69, 9.17) is 4.42 Å². The highest BCUT2D eigenvalue weighted by molar-refractivity contribution is 7.18. The number of hydrogen-bond donors (Lipinski definition) is 0. The maximum absolute atomic E-state index is 5.34. The van der Waals surface area contributed by atoms with Crippen molar-refractivity contribution in [3.05, 3.63) is 226 Å². The van der Waals surface area contributed by atoms with Crippen LogP contribution in [0.4, 0.5) is 0 Å². The fraction of sp³-hybridized carbons (Fsp3) is 0.395. The summed E-state index contributed by atoms with van der Waals surface area (Å²) in [5, 5.41) is 2.22. The van der Waals surface area contributed by atoms with Crippen molar-refractivity contribution in [2.45, 2.75) is 215 Å². The van der Waals surface area contributed by atoms with Gasteiger partial charge in [0.25, 0.3) is 0 Å². The highest BCUT2D eigenvalue weighted by Gasteiger charge is 2.06. The SMILES string of the molecule is CC.CC.CC.CC.CC.CC.CC.CC.CC.CC.Cc1ccc2nc(C)n(C)c2c1.Cc1ccc2nc(C)oc2c1.Cc1ccc2nc(C)sc2c1.Cc1ccc2nccn2c1.Cc1cnc2nccn2c1.Cc1nc2cccnc2n1C.Cc1nc2cccnc2n1C.Cc1nc2ncccc2s1. The van der Waals surface area contributed by atoms with Crippen LogP contribution in [0.5, 0.6) is 0 Å². The van der Waals surface area contributed by atoms with Crippen LogP contribution in [-0.4, -0.2) is 82.3 Å². The summed E-state index contributed by atoms with van der Waals surface area (Å²) in [6.07, 6.45) is 18.6. The van der Waals surface area contributed by atoms with E-state index >= 15 is 0 Å². The van der Waals surface area contributed by atoms with Gasteiger partial charge in [0.05, 0.1) is 36.0 Å². The third kappa shape index (κ3) is 31.8. The average Bonchev–Trinajstić information content (AvgIpc) is 1.66. The first-order valence-electron chi connectivity index (χ1n) is 37.7. The molecule has 106 heavy (non-hydrogen) atoms. The second kappa shape index (κ2) is 56.5. The maximum Gasteiger partial charge on any atom is 0.233 e. The Morgan fingerprint density at radius 3 is 1.33 bits per heavy atom. The Morgan fingerprint density at radius 1 is 0.330 bits per heavy atom. The molecule has 3 aromatic carbocycles. The number of pyridine rings is 4. The van der Waals surface area contributed by atoms with Crippen LogP contribution in [0.25, 0.3) is 76.4 Å². The minimum absolute atomic E-state index is 0.727. The minimum Gasteiger partial charge on any atom is -0.441 e. The van der Waals surface area contributed by atoms with Gasteiger partial charge in [-0.1, -0.05) is 163 Å². The molecule has 0 unspecified atom stereocenters. The Morgan fingerprint density at radius 2 is 0.774 bits per heavy atom. The van der Waals surface area contributed by atoms with Crippen molar-refractivity contribution in [1.82, 2.24) is 82.3 Å². The van der Waals surface area contributed by atoms with Gasteiger partial charge in [-0.25, -0.2) is 59.8 Å². The molecular weight excluding hydrogens is 1350 g/mol. The zero-order valence-corrected chi connectivity index (χ0v) is 72.5. The topological polar surface area (TPSA) is 191 Å². The number of thiazole rings is 2. The summed E-state index contributed by atoms with van der Waals surface area (Å²) in [7, 11) is 5.99. The number of rotatable bonds is 0. The molecule has 576 valence electrons. The fourth-order valence-corrected chi connectivity index (χ4v) is 10.5. The first-order chi connectivity index (χ1) is 51.3. The second-order valence-electron chi connectivity index (χ2n) is 20.5. The lowest BCUT2D eigenvalue weighted by molar-refractivity contribution is 0.561. The number of imidazole rings is 5. The maximum atomic E-state index is 5.34. The predicted molar refractivity (Wildman–Crippen MR) is 463 cm³/mol. The van der Waals surface area contributed by atoms with Crippen LogP contribution in [0, 0.1) is 76.2 Å². The third-order valence-corrected chi connectivity index (χ3v) is 15.3. The zero-order chi connectivity index (χ0) is 81.0. The molecule has 13 aromatic heterocycles. The van der Waals surface area contributed by atoms with Gasteiger partial charge in [-0.15, -0.1) is 22.7 Å². The van der Waals surface area contributed by atoms with E-state index in [2.05, 4.69) is 134 Å². The summed E-state index contributed by atoms with van der Waals surface area (Å²) in [6, 6.07) is 34.4. The summed E-state index contributed by atoms with van der Waals surface area (Å²) in [4.78, 5) is 50.6. The first kappa shape index (κ1) is 98.1. The number of hydrogen-bond acceptors (Lipinski definition) is 15. The smallest absolute Gasteiger partial charge is 0.233 e. The average molecular weight is 1480 g/mol. The van der Waals surface area contributed by atoms with Crippen LogP contribution < -0.4 is 0 Å². The number of oxazole rings is 1. The molecule has 0 spiro atoms. The summed E-state index contributed by atoms with van der Waals surface area (Å²) < 4.78 is 17.8. The molecule has 0 bridgehead atoms. The molecule has 0 radical (unpaired) electrons. The van der Waals surface area contributed by atoms with Crippen molar-refractivity contribution >= 4 is 99.1 Å². The molecule has 16 rings (SSSR count). The van der Waals surface area contributed by atoms with Crippen LogP contribution in [0.3, 0.4) is 0 Å². The van der Waals surface area contributed by atoms with Gasteiger partial charge < -0.3 is 22.5 Å². The summed E-state index contributed by atoms with van der Waals surface area (Å²) in [5.41, 5.74) is 17.1. The molecule has 0 aliphatic carbocycles. The van der Waals surface area contributed by atoms with Gasteiger partial charge in [-0.05, 0) is 176 Å². The molecule has 20 heteroatoms. The molecule has 16 aromatic rings. The van der Waals surface area contributed by atoms with Crippen LogP contribution in [0.15, 0.2) is 170 Å². The first-order valence-corrected chi connectivity index (χ1v) is 39.4. The van der Waals surface area contributed by atoms with Gasteiger partial charge in [-0.3, -0.25) is 4.40 Å². The quantitative estimate of drug-likeness (QED) is 0.139. The van der Waals surface area contributed by atoms with Crippen LogP contribution >= 0.6 is 22.7 Å². The van der Waals surface area contributed by atoms with Crippen molar-refractivity contribution < 1.29 is 4.42 Å². The predicted octanol–water partition coefficient (Wildman–Crippen LogP) is 25.0. The molecule has 0 atom stereocenters. The highest BCUT2D eigenvalue weighted by Crippen LogP contribution is 2.23. The van der Waals surface area contributed by atoms with Crippen molar-refractivity contribution in [3.8, 4) is 0 Å². The van der Waals surface area contributed by atoms with Gasteiger partial charge in [0.1, 0.15) is 39.7 Å². The van der Waals surface area contributed by atoms with E-state index in [1.807, 2.05) is 318 Å².